The maximum atomic E-state index is 12.1. The van der Waals surface area contributed by atoms with Gasteiger partial charge in [0, 0.05) is 30.2 Å². The van der Waals surface area contributed by atoms with Crippen molar-refractivity contribution in [1.82, 2.24) is 19.5 Å². The van der Waals surface area contributed by atoms with Crippen LogP contribution in [0.5, 0.6) is 0 Å². The Kier molecular flexibility index (Phi) is 4.73. The van der Waals surface area contributed by atoms with Crippen molar-refractivity contribution in [1.29, 1.82) is 0 Å². The van der Waals surface area contributed by atoms with Crippen LogP contribution in [-0.4, -0.2) is 25.6 Å². The molecular weight excluding hydrogens is 352 g/mol. The zero-order chi connectivity index (χ0) is 19.7. The van der Waals surface area contributed by atoms with Gasteiger partial charge in [-0.05, 0) is 50.6 Å². The number of anilines is 2. The van der Waals surface area contributed by atoms with Crippen molar-refractivity contribution in [3.8, 4) is 0 Å². The molecule has 144 valence electrons. The fourth-order valence-electron chi connectivity index (χ4n) is 3.40. The lowest BCUT2D eigenvalue weighted by Crippen LogP contribution is -2.14. The molecule has 28 heavy (non-hydrogen) atoms. The molecule has 0 aliphatic rings. The van der Waals surface area contributed by atoms with Crippen molar-refractivity contribution in [3.05, 3.63) is 58.8 Å². The summed E-state index contributed by atoms with van der Waals surface area (Å²) >= 11 is 0. The van der Waals surface area contributed by atoms with E-state index in [1.807, 2.05) is 19.1 Å². The van der Waals surface area contributed by atoms with E-state index < -0.39 is 0 Å². The third-order valence-corrected chi connectivity index (χ3v) is 4.72. The molecule has 0 radical (unpaired) electrons. The van der Waals surface area contributed by atoms with Crippen LogP contribution in [0.15, 0.2) is 47.5 Å². The molecule has 2 aromatic carbocycles. The Morgan fingerprint density at radius 2 is 1.93 bits per heavy atom. The van der Waals surface area contributed by atoms with Gasteiger partial charge in [-0.1, -0.05) is 12.1 Å². The molecule has 7 heteroatoms. The van der Waals surface area contributed by atoms with Gasteiger partial charge in [0.05, 0.1) is 16.6 Å². The Bertz CT molecular complexity index is 1170. The maximum absolute atomic E-state index is 12.1. The van der Waals surface area contributed by atoms with E-state index in [1.54, 1.807) is 10.9 Å². The molecule has 4 rings (SSSR count). The number of hydrogen-bond donors (Lipinski definition) is 3. The number of aryl methyl sites for hydroxylation is 1. The predicted octanol–water partition coefficient (Wildman–Crippen LogP) is 3.73. The number of fused-ring (bicyclic) bond motifs is 2. The Hall–Kier alpha value is -3.35. The first-order chi connectivity index (χ1) is 13.5. The number of aromatic amines is 1. The van der Waals surface area contributed by atoms with Gasteiger partial charge < -0.3 is 15.6 Å². The van der Waals surface area contributed by atoms with Gasteiger partial charge >= 0.3 is 5.69 Å². The molecule has 0 aliphatic carbocycles. The van der Waals surface area contributed by atoms with E-state index in [-0.39, 0.29) is 5.69 Å². The summed E-state index contributed by atoms with van der Waals surface area (Å²) in [6.07, 6.45) is 1.55. The van der Waals surface area contributed by atoms with Crippen LogP contribution in [0, 0.1) is 0 Å². The zero-order valence-electron chi connectivity index (χ0n) is 16.3. The number of rotatable bonds is 6. The van der Waals surface area contributed by atoms with E-state index in [0.29, 0.717) is 19.1 Å². The SMILES string of the molecule is CCn1c(=O)[nH]c2cc3c(NCc4ccc(NC(C)C)cc4)ncnc3cc21. The molecule has 0 saturated heterocycles. The average Bonchev–Trinajstić information content (AvgIpc) is 2.99. The molecule has 0 amide bonds. The van der Waals surface area contributed by atoms with E-state index in [0.717, 1.165) is 39.0 Å². The van der Waals surface area contributed by atoms with Crippen molar-refractivity contribution >= 4 is 33.4 Å². The van der Waals surface area contributed by atoms with Crippen molar-refractivity contribution in [3.63, 3.8) is 0 Å². The largest absolute Gasteiger partial charge is 0.383 e. The number of benzene rings is 2. The molecular formula is C21H24N6O. The standard InChI is InChI=1S/C21H24N6O/c1-4-27-19-10-17-16(9-18(19)26-21(27)28)20(24-12-23-17)22-11-14-5-7-15(8-6-14)25-13(2)3/h5-10,12-13,25H,4,11H2,1-3H3,(H,26,28)(H,22,23,24). The van der Waals surface area contributed by atoms with Gasteiger partial charge in [0.15, 0.2) is 0 Å². The lowest BCUT2D eigenvalue weighted by atomic mass is 10.1. The molecule has 0 aliphatic heterocycles. The second-order valence-corrected chi connectivity index (χ2v) is 7.13. The highest BCUT2D eigenvalue weighted by Gasteiger charge is 2.10. The molecule has 3 N–H and O–H groups in total. The van der Waals surface area contributed by atoms with E-state index in [2.05, 4.69) is 63.7 Å². The lowest BCUT2D eigenvalue weighted by Gasteiger charge is -2.12. The molecule has 0 saturated carbocycles. The van der Waals surface area contributed by atoms with Crippen LogP contribution in [-0.2, 0) is 13.1 Å². The van der Waals surface area contributed by atoms with E-state index in [4.69, 9.17) is 0 Å². The quantitative estimate of drug-likeness (QED) is 0.477. The molecule has 0 bridgehead atoms. The number of hydrogen-bond acceptors (Lipinski definition) is 5. The van der Waals surface area contributed by atoms with Gasteiger partial charge in [-0.25, -0.2) is 14.8 Å². The van der Waals surface area contributed by atoms with Gasteiger partial charge in [-0.2, -0.15) is 0 Å². The molecule has 0 spiro atoms. The van der Waals surface area contributed by atoms with Gasteiger partial charge in [0.25, 0.3) is 0 Å². The number of imidazole rings is 1. The predicted molar refractivity (Wildman–Crippen MR) is 114 cm³/mol. The molecule has 2 heterocycles. The molecule has 0 atom stereocenters. The molecule has 0 unspecified atom stereocenters. The summed E-state index contributed by atoms with van der Waals surface area (Å²) in [4.78, 5) is 23.8. The summed E-state index contributed by atoms with van der Waals surface area (Å²) in [6.45, 7) is 7.46. The molecule has 4 aromatic rings. The monoisotopic (exact) mass is 376 g/mol. The van der Waals surface area contributed by atoms with E-state index in [9.17, 15) is 4.79 Å². The number of nitrogens with one attached hydrogen (secondary N) is 3. The van der Waals surface area contributed by atoms with Gasteiger partial charge in [-0.15, -0.1) is 0 Å². The molecule has 2 aromatic heterocycles. The fraction of sp³-hybridized carbons (Fsp3) is 0.286. The summed E-state index contributed by atoms with van der Waals surface area (Å²) in [5, 5.41) is 7.67. The number of H-pyrrole nitrogens is 1. The minimum Gasteiger partial charge on any atom is -0.383 e. The first-order valence-electron chi connectivity index (χ1n) is 9.51. The third-order valence-electron chi connectivity index (χ3n) is 4.72. The van der Waals surface area contributed by atoms with Gasteiger partial charge in [0.1, 0.15) is 12.1 Å². The first kappa shape index (κ1) is 18.0. The van der Waals surface area contributed by atoms with Gasteiger partial charge in [0.2, 0.25) is 0 Å². The fourth-order valence-corrected chi connectivity index (χ4v) is 3.40. The Morgan fingerprint density at radius 3 is 2.64 bits per heavy atom. The van der Waals surface area contributed by atoms with Crippen LogP contribution >= 0.6 is 0 Å². The highest BCUT2D eigenvalue weighted by Crippen LogP contribution is 2.24. The second-order valence-electron chi connectivity index (χ2n) is 7.13. The first-order valence-corrected chi connectivity index (χ1v) is 9.51. The van der Waals surface area contributed by atoms with Crippen molar-refractivity contribution in [2.24, 2.45) is 0 Å². The van der Waals surface area contributed by atoms with Gasteiger partial charge in [-0.3, -0.25) is 4.57 Å². The lowest BCUT2D eigenvalue weighted by molar-refractivity contribution is 0.753. The minimum atomic E-state index is -0.106. The summed E-state index contributed by atoms with van der Waals surface area (Å²) in [5.74, 6) is 0.751. The van der Waals surface area contributed by atoms with Crippen LogP contribution < -0.4 is 16.3 Å². The Labute approximate surface area is 162 Å². The number of aromatic nitrogens is 4. The molecule has 7 nitrogen and oxygen atoms in total. The highest BCUT2D eigenvalue weighted by atomic mass is 16.1. The van der Waals surface area contributed by atoms with E-state index in [1.165, 1.54) is 0 Å². The topological polar surface area (TPSA) is 87.6 Å². The smallest absolute Gasteiger partial charge is 0.326 e. The summed E-state index contributed by atoms with van der Waals surface area (Å²) in [5.41, 5.74) is 4.62. The summed E-state index contributed by atoms with van der Waals surface area (Å²) < 4.78 is 1.71. The van der Waals surface area contributed by atoms with E-state index >= 15 is 0 Å². The summed E-state index contributed by atoms with van der Waals surface area (Å²) in [6, 6.07) is 12.6. The maximum Gasteiger partial charge on any atom is 0.326 e. The number of nitrogens with zero attached hydrogens (tertiary/aromatic N) is 3. The normalized spacial score (nSPS) is 11.4. The Balaban J connectivity index is 1.62. The van der Waals surface area contributed by atoms with Crippen molar-refractivity contribution < 1.29 is 0 Å². The van der Waals surface area contributed by atoms with Crippen LogP contribution in [0.3, 0.4) is 0 Å². The van der Waals surface area contributed by atoms with Crippen molar-refractivity contribution in [2.45, 2.75) is 39.9 Å². The van der Waals surface area contributed by atoms with Crippen LogP contribution in [0.4, 0.5) is 11.5 Å². The van der Waals surface area contributed by atoms with Crippen LogP contribution in [0.1, 0.15) is 26.3 Å². The van der Waals surface area contributed by atoms with Crippen molar-refractivity contribution in [2.75, 3.05) is 10.6 Å². The Morgan fingerprint density at radius 1 is 1.14 bits per heavy atom. The second kappa shape index (κ2) is 7.34. The van der Waals surface area contributed by atoms with Crippen LogP contribution in [0.25, 0.3) is 21.9 Å². The van der Waals surface area contributed by atoms with Crippen LogP contribution in [0.2, 0.25) is 0 Å². The molecule has 0 fully saturated rings. The third kappa shape index (κ3) is 3.43. The highest BCUT2D eigenvalue weighted by molar-refractivity contribution is 5.98. The average molecular weight is 376 g/mol. The minimum absolute atomic E-state index is 0.106. The zero-order valence-corrected chi connectivity index (χ0v) is 16.3. The summed E-state index contributed by atoms with van der Waals surface area (Å²) in [7, 11) is 0.